The molecule has 5 nitrogen and oxygen atoms in total. The van der Waals surface area contributed by atoms with Crippen molar-refractivity contribution in [3.8, 4) is 23.0 Å². The largest absolute Gasteiger partial charge is 0.494 e. The van der Waals surface area contributed by atoms with E-state index in [-0.39, 0.29) is 0 Å². The fourth-order valence-corrected chi connectivity index (χ4v) is 7.32. The highest BCUT2D eigenvalue weighted by Gasteiger charge is 2.30. The first-order valence-corrected chi connectivity index (χ1v) is 19.5. The van der Waals surface area contributed by atoms with Crippen molar-refractivity contribution >= 4 is 0 Å². The molecular formula is C43H66O5. The molecule has 0 unspecified atom stereocenters. The number of benzene rings is 2. The average Bonchev–Trinajstić information content (AvgIpc) is 3.11. The fraction of sp³-hybridized carbons (Fsp3) is 0.674. The molecule has 0 atom stereocenters. The highest BCUT2D eigenvalue weighted by atomic mass is 16.5. The van der Waals surface area contributed by atoms with Gasteiger partial charge in [0.1, 0.15) is 23.0 Å². The highest BCUT2D eigenvalue weighted by molar-refractivity contribution is 5.39. The number of unbranched alkanes of at least 4 members (excludes halogenated alkanes) is 8. The molecule has 0 bridgehead atoms. The minimum Gasteiger partial charge on any atom is -0.494 e. The van der Waals surface area contributed by atoms with E-state index >= 15 is 0 Å². The minimum atomic E-state index is 0.482. The molecule has 0 radical (unpaired) electrons. The Kier molecular flexibility index (Phi) is 18.3. The molecular weight excluding hydrogens is 596 g/mol. The van der Waals surface area contributed by atoms with Crippen molar-refractivity contribution in [2.75, 3.05) is 33.0 Å². The van der Waals surface area contributed by atoms with Gasteiger partial charge in [0.05, 0.1) is 32.5 Å². The van der Waals surface area contributed by atoms with E-state index < -0.39 is 0 Å². The van der Waals surface area contributed by atoms with E-state index in [4.69, 9.17) is 23.7 Å². The highest BCUT2D eigenvalue weighted by Crippen LogP contribution is 2.40. The van der Waals surface area contributed by atoms with Crippen molar-refractivity contribution in [1.29, 1.82) is 0 Å². The van der Waals surface area contributed by atoms with Crippen LogP contribution in [0.2, 0.25) is 0 Å². The number of ether oxygens (including phenoxy) is 5. The first-order chi connectivity index (χ1) is 23.6. The number of hydrogen-bond donors (Lipinski definition) is 0. The Morgan fingerprint density at radius 2 is 1.04 bits per heavy atom. The molecule has 0 heterocycles. The van der Waals surface area contributed by atoms with Crippen molar-refractivity contribution in [2.45, 2.75) is 136 Å². The summed E-state index contributed by atoms with van der Waals surface area (Å²) in [7, 11) is 0. The topological polar surface area (TPSA) is 46.2 Å². The van der Waals surface area contributed by atoms with Crippen LogP contribution < -0.4 is 18.9 Å². The van der Waals surface area contributed by atoms with Crippen LogP contribution in [0.5, 0.6) is 23.0 Å². The van der Waals surface area contributed by atoms with E-state index in [1.54, 1.807) is 0 Å². The van der Waals surface area contributed by atoms with Crippen molar-refractivity contribution in [3.05, 3.63) is 61.4 Å². The lowest BCUT2D eigenvalue weighted by molar-refractivity contribution is 0.00494. The lowest BCUT2D eigenvalue weighted by atomic mass is 9.71. The Morgan fingerprint density at radius 3 is 1.62 bits per heavy atom. The van der Waals surface area contributed by atoms with Gasteiger partial charge in [0.25, 0.3) is 0 Å². The third-order valence-electron chi connectivity index (χ3n) is 10.5. The quantitative estimate of drug-likeness (QED) is 0.0827. The van der Waals surface area contributed by atoms with Crippen LogP contribution in [0.15, 0.2) is 42.5 Å². The Morgan fingerprint density at radius 1 is 0.562 bits per heavy atom. The van der Waals surface area contributed by atoms with E-state index in [9.17, 15) is 0 Å². The monoisotopic (exact) mass is 662 g/mol. The van der Waals surface area contributed by atoms with Gasteiger partial charge in [-0.2, -0.15) is 0 Å². The van der Waals surface area contributed by atoms with E-state index in [0.29, 0.717) is 6.10 Å². The molecule has 2 aliphatic rings. The second kappa shape index (κ2) is 23.0. The summed E-state index contributed by atoms with van der Waals surface area (Å²) in [6.07, 6.45) is 24.6. The van der Waals surface area contributed by atoms with Crippen LogP contribution in [0.1, 0.15) is 128 Å². The molecule has 0 aliphatic heterocycles. The van der Waals surface area contributed by atoms with E-state index in [1.807, 2.05) is 42.8 Å². The predicted octanol–water partition coefficient (Wildman–Crippen LogP) is 11.6. The molecule has 0 amide bonds. The Hall–Kier alpha value is -2.53. The average molecular weight is 663 g/mol. The molecule has 2 fully saturated rings. The molecule has 0 spiro atoms. The van der Waals surface area contributed by atoms with Crippen molar-refractivity contribution in [1.82, 2.24) is 0 Å². The molecule has 2 aliphatic carbocycles. The van der Waals surface area contributed by atoms with Gasteiger partial charge < -0.3 is 23.7 Å². The summed E-state index contributed by atoms with van der Waals surface area (Å²) in [5.41, 5.74) is 1.13. The predicted molar refractivity (Wildman–Crippen MR) is 198 cm³/mol. The van der Waals surface area contributed by atoms with Crippen LogP contribution in [-0.2, 0) is 4.74 Å². The maximum absolute atomic E-state index is 6.26. The Bertz CT molecular complexity index is 1080. The van der Waals surface area contributed by atoms with Gasteiger partial charge in [-0.25, -0.2) is 0 Å². The van der Waals surface area contributed by atoms with E-state index in [2.05, 4.69) is 26.8 Å². The van der Waals surface area contributed by atoms with Gasteiger partial charge in [0, 0.05) is 6.61 Å². The number of hydrogen-bond acceptors (Lipinski definition) is 5. The zero-order chi connectivity index (χ0) is 33.7. The molecule has 268 valence electrons. The van der Waals surface area contributed by atoms with Crippen LogP contribution in [0, 0.1) is 38.0 Å². The van der Waals surface area contributed by atoms with E-state index in [1.165, 1.54) is 64.2 Å². The van der Waals surface area contributed by atoms with Gasteiger partial charge in [0.2, 0.25) is 0 Å². The smallest absolute Gasteiger partial charge is 0.122 e. The lowest BCUT2D eigenvalue weighted by Gasteiger charge is -2.37. The number of rotatable bonds is 24. The SMILES string of the molecule is [CH2+][CH-]CCCCCOc1ccc(OCCCCCCOc2ccc(OCCCCOC3CCC(C4CCC(C)CC4)CC3)c(C)c2)cc1. The van der Waals surface area contributed by atoms with Gasteiger partial charge in [-0.15, -0.1) is 12.8 Å². The minimum absolute atomic E-state index is 0.482. The normalized spacial score (nSPS) is 21.1. The van der Waals surface area contributed by atoms with E-state index in [0.717, 1.165) is 131 Å². The van der Waals surface area contributed by atoms with Gasteiger partial charge in [0.15, 0.2) is 0 Å². The summed E-state index contributed by atoms with van der Waals surface area (Å²) in [5, 5.41) is 0. The first-order valence-electron chi connectivity index (χ1n) is 19.5. The van der Waals surface area contributed by atoms with Crippen LogP contribution >= 0.6 is 0 Å². The summed E-state index contributed by atoms with van der Waals surface area (Å²) >= 11 is 0. The van der Waals surface area contributed by atoms with Gasteiger partial charge in [-0.1, -0.05) is 39.5 Å². The molecule has 48 heavy (non-hydrogen) atoms. The van der Waals surface area contributed by atoms with Gasteiger partial charge in [-0.3, -0.25) is 0 Å². The Labute approximate surface area is 293 Å². The summed E-state index contributed by atoms with van der Waals surface area (Å²) in [4.78, 5) is 0. The van der Waals surface area contributed by atoms with Crippen LogP contribution in [0.4, 0.5) is 0 Å². The summed E-state index contributed by atoms with van der Waals surface area (Å²) in [6, 6.07) is 14.2. The summed E-state index contributed by atoms with van der Waals surface area (Å²) in [6.45, 7) is 12.1. The van der Waals surface area contributed by atoms with Crippen LogP contribution in [0.3, 0.4) is 0 Å². The molecule has 0 N–H and O–H groups in total. The zero-order valence-electron chi connectivity index (χ0n) is 30.4. The van der Waals surface area contributed by atoms with Crippen molar-refractivity contribution in [3.63, 3.8) is 0 Å². The van der Waals surface area contributed by atoms with Crippen LogP contribution in [-0.4, -0.2) is 39.1 Å². The molecule has 2 aromatic carbocycles. The van der Waals surface area contributed by atoms with Crippen molar-refractivity contribution in [2.24, 2.45) is 17.8 Å². The summed E-state index contributed by atoms with van der Waals surface area (Å²) < 4.78 is 30.1. The molecule has 2 aromatic rings. The standard InChI is InChI=1S/C43H66O5/c1-4-5-6-7-10-29-44-40-23-25-41(26-24-40)45-30-11-8-9-12-31-47-42-27-28-43(36(3)34-42)48-33-14-13-32-46-39-21-19-38(20-22-39)37-17-15-35(2)16-18-37/h4,23-28,34-35,37-39H,1,5-22,29-33H2,2-3H3. The Balaban J connectivity index is 0.949. The molecule has 2 saturated carbocycles. The van der Waals surface area contributed by atoms with Gasteiger partial charge in [-0.05, 0) is 156 Å². The maximum Gasteiger partial charge on any atom is 0.122 e. The first kappa shape index (κ1) is 38.3. The molecule has 5 heteroatoms. The second-order valence-electron chi connectivity index (χ2n) is 14.5. The third kappa shape index (κ3) is 14.9. The van der Waals surface area contributed by atoms with Crippen LogP contribution in [0.25, 0.3) is 0 Å². The summed E-state index contributed by atoms with van der Waals surface area (Å²) in [5.74, 6) is 6.60. The third-order valence-corrected chi connectivity index (χ3v) is 10.5. The maximum atomic E-state index is 6.26. The molecule has 0 saturated heterocycles. The molecule has 4 rings (SSSR count). The number of aryl methyl sites for hydroxylation is 1. The van der Waals surface area contributed by atoms with Crippen molar-refractivity contribution < 1.29 is 23.7 Å². The molecule has 0 aromatic heterocycles. The van der Waals surface area contributed by atoms with Gasteiger partial charge >= 0.3 is 0 Å². The fourth-order valence-electron chi connectivity index (χ4n) is 7.32. The zero-order valence-corrected chi connectivity index (χ0v) is 30.4. The lowest BCUT2D eigenvalue weighted by Crippen LogP contribution is -2.28. The second-order valence-corrected chi connectivity index (χ2v) is 14.5.